The zero-order valence-corrected chi connectivity index (χ0v) is 16.9. The Hall–Kier alpha value is -2.85. The number of halogens is 1. The van der Waals surface area contributed by atoms with Gasteiger partial charge in [-0.25, -0.2) is 14.8 Å². The molecule has 1 aromatic heterocycles. The Bertz CT molecular complexity index is 868. The molecule has 7 nitrogen and oxygen atoms in total. The van der Waals surface area contributed by atoms with Gasteiger partial charge in [0.25, 0.3) is 0 Å². The van der Waals surface area contributed by atoms with E-state index in [4.69, 9.17) is 21.6 Å². The van der Waals surface area contributed by atoms with E-state index in [2.05, 4.69) is 9.97 Å². The van der Waals surface area contributed by atoms with Crippen LogP contribution in [0.2, 0.25) is 5.28 Å². The normalized spacial score (nSPS) is 13.3. The van der Waals surface area contributed by atoms with Crippen LogP contribution in [0.15, 0.2) is 30.5 Å². The summed E-state index contributed by atoms with van der Waals surface area (Å²) in [6.45, 7) is 7.38. The number of hydrogen-bond acceptors (Lipinski definition) is 6. The number of hydrogen-bond donors (Lipinski definition) is 1. The third kappa shape index (κ3) is 6.39. The van der Waals surface area contributed by atoms with E-state index in [1.807, 2.05) is 26.8 Å². The van der Waals surface area contributed by atoms with Crippen LogP contribution in [0.4, 0.5) is 4.79 Å². The minimum Gasteiger partial charge on any atom is -0.507 e. The van der Waals surface area contributed by atoms with Gasteiger partial charge in [-0.15, -0.1) is 0 Å². The summed E-state index contributed by atoms with van der Waals surface area (Å²) < 4.78 is 5.21. The number of aromatic hydroxyl groups is 1. The molecule has 1 saturated heterocycles. The van der Waals surface area contributed by atoms with Crippen LogP contribution in [0.3, 0.4) is 0 Å². The molecule has 2 aromatic rings. The number of phenols is 1. The van der Waals surface area contributed by atoms with Gasteiger partial charge in [0.1, 0.15) is 17.4 Å². The Kier molecular flexibility index (Phi) is 7.18. The minimum absolute atomic E-state index is 0.0496. The number of carbonyl (C=O) groups excluding carboxylic acids is 1. The lowest BCUT2D eigenvalue weighted by atomic mass is 10.1. The van der Waals surface area contributed by atoms with Crippen molar-refractivity contribution >= 4 is 17.7 Å². The van der Waals surface area contributed by atoms with Crippen LogP contribution in [-0.2, 0) is 4.74 Å². The van der Waals surface area contributed by atoms with Crippen LogP contribution in [0, 0.1) is 11.3 Å². The number of nitriles is 1. The maximum Gasteiger partial charge on any atom is 0.410 e. The average Bonchev–Trinajstić information content (AvgIpc) is 3.16. The summed E-state index contributed by atoms with van der Waals surface area (Å²) in [6, 6.07) is 8.23. The first-order valence-corrected chi connectivity index (χ1v) is 9.27. The highest BCUT2D eigenvalue weighted by Gasteiger charge is 2.23. The molecule has 28 heavy (non-hydrogen) atoms. The Morgan fingerprint density at radius 2 is 1.96 bits per heavy atom. The Balaban J connectivity index is 0.000000209. The quantitative estimate of drug-likeness (QED) is 0.710. The summed E-state index contributed by atoms with van der Waals surface area (Å²) in [4.78, 5) is 20.9. The van der Waals surface area contributed by atoms with Gasteiger partial charge in [0.15, 0.2) is 0 Å². The lowest BCUT2D eigenvalue weighted by Gasteiger charge is -2.23. The number of nitrogens with zero attached hydrogens (tertiary/aromatic N) is 4. The van der Waals surface area contributed by atoms with Gasteiger partial charge < -0.3 is 14.7 Å². The monoisotopic (exact) mass is 402 g/mol. The van der Waals surface area contributed by atoms with E-state index in [1.165, 1.54) is 12.3 Å². The maximum absolute atomic E-state index is 11.4. The zero-order valence-electron chi connectivity index (χ0n) is 16.1. The first-order valence-electron chi connectivity index (χ1n) is 8.89. The fourth-order valence-electron chi connectivity index (χ4n) is 2.51. The van der Waals surface area contributed by atoms with Crippen molar-refractivity contribution in [2.75, 3.05) is 13.1 Å². The molecule has 0 atom stereocenters. The van der Waals surface area contributed by atoms with Crippen molar-refractivity contribution in [2.24, 2.45) is 0 Å². The number of ether oxygens (including phenoxy) is 1. The zero-order chi connectivity index (χ0) is 20.7. The molecule has 0 aliphatic carbocycles. The van der Waals surface area contributed by atoms with Crippen LogP contribution in [0.25, 0.3) is 11.3 Å². The molecule has 1 aromatic carbocycles. The average molecular weight is 403 g/mol. The fourth-order valence-corrected chi connectivity index (χ4v) is 2.65. The van der Waals surface area contributed by atoms with Gasteiger partial charge in [-0.3, -0.25) is 0 Å². The molecule has 1 fully saturated rings. The number of amides is 1. The van der Waals surface area contributed by atoms with Gasteiger partial charge in [0, 0.05) is 24.8 Å². The molecule has 8 heteroatoms. The van der Waals surface area contributed by atoms with Crippen LogP contribution < -0.4 is 0 Å². The summed E-state index contributed by atoms with van der Waals surface area (Å²) >= 11 is 5.66. The molecule has 1 aliphatic rings. The molecule has 0 saturated carbocycles. The van der Waals surface area contributed by atoms with Crippen LogP contribution >= 0.6 is 11.6 Å². The second-order valence-corrected chi connectivity index (χ2v) is 7.57. The minimum atomic E-state index is -0.361. The van der Waals surface area contributed by atoms with Crippen molar-refractivity contribution in [1.29, 1.82) is 5.26 Å². The van der Waals surface area contributed by atoms with Crippen molar-refractivity contribution in [3.63, 3.8) is 0 Å². The van der Waals surface area contributed by atoms with Crippen molar-refractivity contribution in [1.82, 2.24) is 14.9 Å². The largest absolute Gasteiger partial charge is 0.507 e. The number of likely N-dealkylation sites (tertiary alicyclic amines) is 1. The molecule has 0 unspecified atom stereocenters. The van der Waals surface area contributed by atoms with Gasteiger partial charge >= 0.3 is 6.09 Å². The predicted molar refractivity (Wildman–Crippen MR) is 106 cm³/mol. The van der Waals surface area contributed by atoms with Gasteiger partial charge in [0.2, 0.25) is 5.28 Å². The number of aromatic nitrogens is 2. The van der Waals surface area contributed by atoms with E-state index >= 15 is 0 Å². The molecular formula is C20H23ClN4O3. The lowest BCUT2D eigenvalue weighted by molar-refractivity contribution is 0.0295. The second kappa shape index (κ2) is 9.38. The summed E-state index contributed by atoms with van der Waals surface area (Å²) in [6.07, 6.45) is 3.59. The fraction of sp³-hybridized carbons (Fsp3) is 0.400. The molecule has 0 bridgehead atoms. The molecule has 1 amide bonds. The Morgan fingerprint density at radius 3 is 2.54 bits per heavy atom. The summed E-state index contributed by atoms with van der Waals surface area (Å²) in [5.74, 6) is -0.0496. The van der Waals surface area contributed by atoms with Crippen molar-refractivity contribution in [2.45, 2.75) is 39.2 Å². The van der Waals surface area contributed by atoms with Crippen molar-refractivity contribution in [3.05, 3.63) is 41.3 Å². The molecule has 148 valence electrons. The number of carbonyl (C=O) groups is 1. The third-order valence-electron chi connectivity index (χ3n) is 3.80. The van der Waals surface area contributed by atoms with Gasteiger partial charge in [-0.05, 0) is 69.5 Å². The molecule has 0 radical (unpaired) electrons. The SMILES string of the molecule is CC(C)(C)OC(=O)N1CCCC1.N#Cc1cc(-c2ccnc(Cl)n2)ccc1O. The number of rotatable bonds is 1. The molecule has 1 N–H and O–H groups in total. The molecule has 0 spiro atoms. The van der Waals surface area contributed by atoms with E-state index in [0.717, 1.165) is 25.9 Å². The highest BCUT2D eigenvalue weighted by atomic mass is 35.5. The molecule has 1 aliphatic heterocycles. The second-order valence-electron chi connectivity index (χ2n) is 7.23. The number of phenolic OH excluding ortho intramolecular Hbond substituents is 1. The van der Waals surface area contributed by atoms with Crippen LogP contribution in [0.1, 0.15) is 39.2 Å². The first-order chi connectivity index (χ1) is 13.2. The summed E-state index contributed by atoms with van der Waals surface area (Å²) in [5.41, 5.74) is 1.15. The predicted octanol–water partition coefficient (Wildman–Crippen LogP) is 4.39. The van der Waals surface area contributed by atoms with E-state index < -0.39 is 0 Å². The van der Waals surface area contributed by atoms with E-state index in [0.29, 0.717) is 11.3 Å². The highest BCUT2D eigenvalue weighted by Crippen LogP contribution is 2.24. The van der Waals surface area contributed by atoms with Gasteiger partial charge in [-0.2, -0.15) is 5.26 Å². The Labute approximate surface area is 169 Å². The first kappa shape index (κ1) is 21.5. The van der Waals surface area contributed by atoms with Crippen molar-refractivity contribution < 1.29 is 14.6 Å². The Morgan fingerprint density at radius 1 is 1.29 bits per heavy atom. The maximum atomic E-state index is 11.4. The van der Waals surface area contributed by atoms with Crippen LogP contribution in [-0.4, -0.2) is 44.8 Å². The third-order valence-corrected chi connectivity index (χ3v) is 3.98. The van der Waals surface area contributed by atoms with E-state index in [1.54, 1.807) is 23.1 Å². The molecule has 2 heterocycles. The smallest absolute Gasteiger partial charge is 0.410 e. The summed E-state index contributed by atoms with van der Waals surface area (Å²) in [5, 5.41) is 18.3. The van der Waals surface area contributed by atoms with Crippen LogP contribution in [0.5, 0.6) is 5.75 Å². The highest BCUT2D eigenvalue weighted by molar-refractivity contribution is 6.28. The van der Waals surface area contributed by atoms with Crippen molar-refractivity contribution in [3.8, 4) is 23.1 Å². The van der Waals surface area contributed by atoms with E-state index in [-0.39, 0.29) is 28.3 Å². The standard InChI is InChI=1S/C11H6ClN3O.C9H17NO2/c12-11-14-4-3-9(15-11)7-1-2-10(16)8(5-7)6-13;1-9(2,3)12-8(11)10-6-4-5-7-10/h1-5,16H;4-7H2,1-3H3. The molecule has 3 rings (SSSR count). The molecular weight excluding hydrogens is 380 g/mol. The van der Waals surface area contributed by atoms with E-state index in [9.17, 15) is 9.90 Å². The lowest BCUT2D eigenvalue weighted by Crippen LogP contribution is -2.34. The number of benzene rings is 1. The van der Waals surface area contributed by atoms with Gasteiger partial charge in [0.05, 0.1) is 11.3 Å². The topological polar surface area (TPSA) is 99.3 Å². The summed E-state index contributed by atoms with van der Waals surface area (Å²) in [7, 11) is 0. The van der Waals surface area contributed by atoms with Gasteiger partial charge in [-0.1, -0.05) is 0 Å².